The van der Waals surface area contributed by atoms with Gasteiger partial charge >= 0.3 is 0 Å². The van der Waals surface area contributed by atoms with E-state index in [-0.39, 0.29) is 11.4 Å². The van der Waals surface area contributed by atoms with Crippen LogP contribution >= 0.6 is 15.9 Å². The molecule has 0 aliphatic carbocycles. The molecule has 0 saturated heterocycles. The summed E-state index contributed by atoms with van der Waals surface area (Å²) in [6.07, 6.45) is 0. The second-order valence-corrected chi connectivity index (χ2v) is 6.84. The smallest absolute Gasteiger partial charge is 0.258 e. The first-order chi connectivity index (χ1) is 9.96. The van der Waals surface area contributed by atoms with Gasteiger partial charge in [-0.25, -0.2) is 0 Å². The maximum absolute atomic E-state index is 12.9. The van der Waals surface area contributed by atoms with Crippen LogP contribution in [0.1, 0.15) is 24.2 Å². The predicted octanol–water partition coefficient (Wildman–Crippen LogP) is 4.30. The highest BCUT2D eigenvalue weighted by Gasteiger charge is 2.32. The average molecular weight is 345 g/mol. The summed E-state index contributed by atoms with van der Waals surface area (Å²) in [4.78, 5) is 14.7. The lowest BCUT2D eigenvalue weighted by molar-refractivity contribution is 0.0981. The van der Waals surface area contributed by atoms with Crippen molar-refractivity contribution >= 4 is 33.2 Å². The molecule has 0 radical (unpaired) electrons. The topological polar surface area (TPSA) is 32.3 Å². The molecule has 0 spiro atoms. The highest BCUT2D eigenvalue weighted by atomic mass is 79.9. The number of anilines is 2. The molecule has 4 heteroatoms. The Morgan fingerprint density at radius 1 is 1.19 bits per heavy atom. The van der Waals surface area contributed by atoms with Gasteiger partial charge in [-0.1, -0.05) is 34.1 Å². The Labute approximate surface area is 133 Å². The van der Waals surface area contributed by atoms with Gasteiger partial charge in [0.25, 0.3) is 5.91 Å². The Balaban J connectivity index is 2.03. The molecule has 1 aliphatic heterocycles. The van der Waals surface area contributed by atoms with Gasteiger partial charge in [-0.2, -0.15) is 0 Å². The molecule has 108 valence electrons. The summed E-state index contributed by atoms with van der Waals surface area (Å²) in [6.45, 7) is 4.84. The van der Waals surface area contributed by atoms with E-state index in [4.69, 9.17) is 0 Å². The van der Waals surface area contributed by atoms with Crippen molar-refractivity contribution in [1.82, 2.24) is 0 Å². The van der Waals surface area contributed by atoms with E-state index in [0.29, 0.717) is 12.1 Å². The zero-order chi connectivity index (χ0) is 15.0. The van der Waals surface area contributed by atoms with E-state index in [0.717, 1.165) is 15.8 Å². The van der Waals surface area contributed by atoms with Crippen molar-refractivity contribution in [1.29, 1.82) is 0 Å². The first-order valence-corrected chi connectivity index (χ1v) is 7.70. The molecule has 1 N–H and O–H groups in total. The third kappa shape index (κ3) is 2.81. The van der Waals surface area contributed by atoms with E-state index in [1.807, 2.05) is 53.4 Å². The minimum atomic E-state index is -0.157. The van der Waals surface area contributed by atoms with Crippen LogP contribution in [0.25, 0.3) is 0 Å². The predicted molar refractivity (Wildman–Crippen MR) is 90.0 cm³/mol. The molecule has 0 atom stereocenters. The number of fused-ring (bicyclic) bond motifs is 1. The number of hydrogen-bond donors (Lipinski definition) is 1. The van der Waals surface area contributed by atoms with E-state index in [1.165, 1.54) is 0 Å². The molecule has 0 bridgehead atoms. The molecule has 1 aliphatic rings. The van der Waals surface area contributed by atoms with Gasteiger partial charge in [0.15, 0.2) is 0 Å². The van der Waals surface area contributed by atoms with Gasteiger partial charge in [-0.15, -0.1) is 0 Å². The number of benzene rings is 2. The summed E-state index contributed by atoms with van der Waals surface area (Å²) in [7, 11) is 0. The van der Waals surface area contributed by atoms with E-state index < -0.39 is 0 Å². The van der Waals surface area contributed by atoms with Crippen LogP contribution in [0, 0.1) is 0 Å². The Morgan fingerprint density at radius 2 is 1.95 bits per heavy atom. The van der Waals surface area contributed by atoms with Gasteiger partial charge in [-0.3, -0.25) is 4.79 Å². The van der Waals surface area contributed by atoms with Crippen molar-refractivity contribution in [2.75, 3.05) is 16.8 Å². The quantitative estimate of drug-likeness (QED) is 0.836. The summed E-state index contributed by atoms with van der Waals surface area (Å²) >= 11 is 3.43. The molecule has 3 nitrogen and oxygen atoms in total. The van der Waals surface area contributed by atoms with Gasteiger partial charge in [-0.05, 0) is 44.2 Å². The van der Waals surface area contributed by atoms with Crippen LogP contribution in [0.4, 0.5) is 11.4 Å². The number of rotatable bonds is 1. The maximum Gasteiger partial charge on any atom is 0.258 e. The standard InChI is InChI=1S/C17H17BrN2O/c1-17(2)11-20(15-9-4-3-8-14(15)19-17)16(21)12-6-5-7-13(18)10-12/h3-10,19H,11H2,1-2H3. The molecular weight excluding hydrogens is 328 g/mol. The van der Waals surface area contributed by atoms with Crippen LogP contribution in [-0.4, -0.2) is 18.0 Å². The highest BCUT2D eigenvalue weighted by Crippen LogP contribution is 2.35. The van der Waals surface area contributed by atoms with E-state index >= 15 is 0 Å². The first kappa shape index (κ1) is 14.1. The van der Waals surface area contributed by atoms with Gasteiger partial charge in [0, 0.05) is 22.1 Å². The van der Waals surface area contributed by atoms with Crippen molar-refractivity contribution in [3.05, 3.63) is 58.6 Å². The molecule has 0 fully saturated rings. The lowest BCUT2D eigenvalue weighted by Crippen LogP contribution is -2.50. The Morgan fingerprint density at radius 3 is 2.71 bits per heavy atom. The monoisotopic (exact) mass is 344 g/mol. The van der Waals surface area contributed by atoms with Gasteiger partial charge in [0.1, 0.15) is 0 Å². The van der Waals surface area contributed by atoms with Crippen molar-refractivity contribution < 1.29 is 4.79 Å². The lowest BCUT2D eigenvalue weighted by Gasteiger charge is -2.40. The molecular formula is C17H17BrN2O. The van der Waals surface area contributed by atoms with Crippen LogP contribution in [-0.2, 0) is 0 Å². The van der Waals surface area contributed by atoms with Crippen molar-refractivity contribution in [2.45, 2.75) is 19.4 Å². The minimum absolute atomic E-state index is 0.0262. The van der Waals surface area contributed by atoms with Gasteiger partial charge in [0.05, 0.1) is 11.4 Å². The highest BCUT2D eigenvalue weighted by molar-refractivity contribution is 9.10. The van der Waals surface area contributed by atoms with Crippen LogP contribution in [0.2, 0.25) is 0 Å². The largest absolute Gasteiger partial charge is 0.377 e. The fourth-order valence-corrected chi connectivity index (χ4v) is 3.06. The number of halogens is 1. The second-order valence-electron chi connectivity index (χ2n) is 5.93. The lowest BCUT2D eigenvalue weighted by atomic mass is 9.98. The molecule has 2 aromatic rings. The third-order valence-electron chi connectivity index (χ3n) is 3.54. The second kappa shape index (κ2) is 5.19. The first-order valence-electron chi connectivity index (χ1n) is 6.91. The number of carbonyl (C=O) groups is 1. The summed E-state index contributed by atoms with van der Waals surface area (Å²) in [5.41, 5.74) is 2.46. The van der Waals surface area contributed by atoms with Crippen molar-refractivity contribution in [2.24, 2.45) is 0 Å². The summed E-state index contributed by atoms with van der Waals surface area (Å²) in [5.74, 6) is 0.0262. The summed E-state index contributed by atoms with van der Waals surface area (Å²) in [6, 6.07) is 15.5. The fourth-order valence-electron chi connectivity index (χ4n) is 2.66. The van der Waals surface area contributed by atoms with Crippen molar-refractivity contribution in [3.8, 4) is 0 Å². The number of carbonyl (C=O) groups excluding carboxylic acids is 1. The Kier molecular flexibility index (Phi) is 3.49. The van der Waals surface area contributed by atoms with Crippen LogP contribution in [0.3, 0.4) is 0 Å². The Hall–Kier alpha value is -1.81. The third-order valence-corrected chi connectivity index (χ3v) is 4.03. The van der Waals surface area contributed by atoms with E-state index in [1.54, 1.807) is 0 Å². The number of nitrogens with zero attached hydrogens (tertiary/aromatic N) is 1. The van der Waals surface area contributed by atoms with Crippen LogP contribution in [0.5, 0.6) is 0 Å². The summed E-state index contributed by atoms with van der Waals surface area (Å²) < 4.78 is 0.913. The zero-order valence-corrected chi connectivity index (χ0v) is 13.6. The minimum Gasteiger partial charge on any atom is -0.377 e. The number of amides is 1. The fraction of sp³-hybridized carbons (Fsp3) is 0.235. The zero-order valence-electron chi connectivity index (χ0n) is 12.1. The maximum atomic E-state index is 12.9. The SMILES string of the molecule is CC1(C)CN(C(=O)c2cccc(Br)c2)c2ccccc2N1. The van der Waals surface area contributed by atoms with Gasteiger partial charge in [0.2, 0.25) is 0 Å². The molecule has 0 saturated carbocycles. The van der Waals surface area contributed by atoms with Crippen molar-refractivity contribution in [3.63, 3.8) is 0 Å². The average Bonchev–Trinajstić information content (AvgIpc) is 2.44. The molecule has 0 aromatic heterocycles. The van der Waals surface area contributed by atoms with E-state index in [2.05, 4.69) is 35.1 Å². The molecule has 1 amide bonds. The normalized spacial score (nSPS) is 16.0. The number of nitrogens with one attached hydrogen (secondary N) is 1. The van der Waals surface area contributed by atoms with Crippen LogP contribution < -0.4 is 10.2 Å². The molecule has 1 heterocycles. The summed E-state index contributed by atoms with van der Waals surface area (Å²) in [5, 5.41) is 3.48. The van der Waals surface area contributed by atoms with Crippen LogP contribution in [0.15, 0.2) is 53.0 Å². The number of hydrogen-bond acceptors (Lipinski definition) is 2. The Bertz CT molecular complexity index is 697. The molecule has 21 heavy (non-hydrogen) atoms. The molecule has 2 aromatic carbocycles. The number of para-hydroxylation sites is 2. The van der Waals surface area contributed by atoms with E-state index in [9.17, 15) is 4.79 Å². The molecule has 3 rings (SSSR count). The van der Waals surface area contributed by atoms with Gasteiger partial charge < -0.3 is 10.2 Å². The molecule has 0 unspecified atom stereocenters.